The van der Waals surface area contributed by atoms with Gasteiger partial charge in [0.15, 0.2) is 9.84 Å². The van der Waals surface area contributed by atoms with E-state index >= 15 is 0 Å². The van der Waals surface area contributed by atoms with Crippen LogP contribution in [0, 0.1) is 11.8 Å². The first-order valence-corrected chi connectivity index (χ1v) is 17.2. The molecule has 3 heterocycles. The minimum absolute atomic E-state index is 0.0202. The zero-order valence-electron chi connectivity index (χ0n) is 26.0. The van der Waals surface area contributed by atoms with E-state index in [1.165, 1.54) is 37.5 Å². The van der Waals surface area contributed by atoms with E-state index < -0.39 is 9.84 Å². The van der Waals surface area contributed by atoms with E-state index in [4.69, 9.17) is 0 Å². The van der Waals surface area contributed by atoms with Crippen LogP contribution >= 0.6 is 0 Å². The summed E-state index contributed by atoms with van der Waals surface area (Å²) < 4.78 is 28.5. The van der Waals surface area contributed by atoms with Crippen LogP contribution in [0.4, 0.5) is 0 Å². The van der Waals surface area contributed by atoms with Crippen molar-refractivity contribution in [3.63, 3.8) is 0 Å². The molecule has 46 heavy (non-hydrogen) atoms. The molecule has 0 unspecified atom stereocenters. The topological polar surface area (TPSA) is 142 Å². The lowest BCUT2D eigenvalue weighted by Gasteiger charge is -2.26. The molecule has 1 fully saturated rings. The van der Waals surface area contributed by atoms with Crippen molar-refractivity contribution in [1.82, 2.24) is 35.5 Å². The molecule has 2 aromatic carbocycles. The quantitative estimate of drug-likeness (QED) is 0.159. The minimum Gasteiger partial charge on any atom is -0.352 e. The largest absolute Gasteiger partial charge is 0.352 e. The van der Waals surface area contributed by atoms with Crippen LogP contribution in [0.3, 0.4) is 0 Å². The second-order valence-electron chi connectivity index (χ2n) is 11.4. The van der Waals surface area contributed by atoms with Gasteiger partial charge in [-0.1, -0.05) is 18.3 Å². The maximum Gasteiger partial charge on any atom is 0.251 e. The van der Waals surface area contributed by atoms with Crippen LogP contribution in [0.2, 0.25) is 0 Å². The van der Waals surface area contributed by atoms with Crippen molar-refractivity contribution in [2.75, 3.05) is 32.7 Å². The summed E-state index contributed by atoms with van der Waals surface area (Å²) in [5, 5.41) is 16.8. The van der Waals surface area contributed by atoms with Crippen LogP contribution in [-0.4, -0.2) is 77.8 Å². The fraction of sp³-hybridized carbons (Fsp3) is 0.353. The van der Waals surface area contributed by atoms with E-state index in [-0.39, 0.29) is 28.0 Å². The molecular weight excluding hydrogens is 602 g/mol. The molecule has 240 valence electrons. The Labute approximate surface area is 269 Å². The minimum atomic E-state index is -3.83. The van der Waals surface area contributed by atoms with Gasteiger partial charge in [-0.25, -0.2) is 8.42 Å². The molecule has 0 saturated carbocycles. The summed E-state index contributed by atoms with van der Waals surface area (Å²) in [5.41, 5.74) is 3.10. The first kappa shape index (κ1) is 32.7. The van der Waals surface area contributed by atoms with Crippen molar-refractivity contribution in [2.24, 2.45) is 7.05 Å². The highest BCUT2D eigenvalue weighted by Gasteiger charge is 2.22. The highest BCUT2D eigenvalue weighted by molar-refractivity contribution is 7.90. The number of nitrogens with zero attached hydrogens (tertiary/aromatic N) is 4. The van der Waals surface area contributed by atoms with E-state index in [1.807, 2.05) is 6.20 Å². The Morgan fingerprint density at radius 3 is 2.39 bits per heavy atom. The van der Waals surface area contributed by atoms with Crippen molar-refractivity contribution in [3.8, 4) is 11.8 Å². The predicted octanol–water partition coefficient (Wildman–Crippen LogP) is 3.10. The van der Waals surface area contributed by atoms with Gasteiger partial charge in [-0.15, -0.1) is 0 Å². The predicted molar refractivity (Wildman–Crippen MR) is 175 cm³/mol. The maximum atomic E-state index is 13.5. The maximum absolute atomic E-state index is 13.5. The summed E-state index contributed by atoms with van der Waals surface area (Å²) in [7, 11) is -2.11. The number of likely N-dealkylation sites (tertiary alicyclic amines) is 1. The second kappa shape index (κ2) is 15.5. The molecule has 5 rings (SSSR count). The molecular formula is C34H39N7O4S. The number of benzene rings is 2. The van der Waals surface area contributed by atoms with Gasteiger partial charge in [0.05, 0.1) is 22.5 Å². The molecule has 2 aromatic heterocycles. The van der Waals surface area contributed by atoms with Gasteiger partial charge in [0.2, 0.25) is 0 Å². The Balaban J connectivity index is 1.29. The third kappa shape index (κ3) is 9.15. The Morgan fingerprint density at radius 1 is 0.935 bits per heavy atom. The lowest BCUT2D eigenvalue weighted by atomic mass is 10.1. The number of nitrogens with one attached hydrogen (secondary N) is 3. The summed E-state index contributed by atoms with van der Waals surface area (Å²) in [6.07, 6.45) is 10.4. The number of aromatic nitrogens is 4. The third-order valence-corrected chi connectivity index (χ3v) is 9.52. The Kier molecular flexibility index (Phi) is 11.0. The number of carbonyl (C=O) groups excluding carboxylic acids is 2. The number of piperidine rings is 1. The molecule has 0 atom stereocenters. The Morgan fingerprint density at radius 2 is 1.67 bits per heavy atom. The van der Waals surface area contributed by atoms with Crippen LogP contribution in [0.5, 0.6) is 0 Å². The number of hydrogen-bond acceptors (Lipinski definition) is 7. The molecule has 11 nitrogen and oxygen atoms in total. The fourth-order valence-electron chi connectivity index (χ4n) is 5.32. The molecule has 0 spiro atoms. The number of H-pyrrole nitrogens is 1. The van der Waals surface area contributed by atoms with Crippen LogP contribution in [0.15, 0.2) is 72.0 Å². The van der Waals surface area contributed by atoms with E-state index in [0.29, 0.717) is 35.5 Å². The van der Waals surface area contributed by atoms with Gasteiger partial charge in [-0.3, -0.25) is 19.4 Å². The molecule has 1 aliphatic rings. The number of carbonyl (C=O) groups is 2. The number of hydrogen-bond donors (Lipinski definition) is 3. The molecule has 0 radical (unpaired) electrons. The molecule has 0 aliphatic carbocycles. The van der Waals surface area contributed by atoms with Crippen LogP contribution < -0.4 is 10.6 Å². The summed E-state index contributed by atoms with van der Waals surface area (Å²) in [5.74, 6) is 5.22. The zero-order chi connectivity index (χ0) is 32.4. The summed E-state index contributed by atoms with van der Waals surface area (Å²) >= 11 is 0. The van der Waals surface area contributed by atoms with E-state index in [9.17, 15) is 18.0 Å². The summed E-state index contributed by atoms with van der Waals surface area (Å²) in [6.45, 7) is 4.03. The molecule has 12 heteroatoms. The smallest absolute Gasteiger partial charge is 0.251 e. The Hall–Kier alpha value is -4.73. The average molecular weight is 642 g/mol. The average Bonchev–Trinajstić information content (AvgIpc) is 3.73. The van der Waals surface area contributed by atoms with Crippen molar-refractivity contribution in [2.45, 2.75) is 42.8 Å². The van der Waals surface area contributed by atoms with E-state index in [0.717, 1.165) is 38.0 Å². The molecule has 1 aliphatic heterocycles. The SMILES string of the molecule is Cn1ccc(CS(=O)(=O)c2ccc(C(=O)NCCCc3cn[nH]c3)cc2C#Cc2ccc(C(=O)NCCN3CCCCC3)cc2)n1. The molecule has 0 bridgehead atoms. The first-order chi connectivity index (χ1) is 22.3. The van der Waals surface area contributed by atoms with Gasteiger partial charge in [-0.2, -0.15) is 10.2 Å². The number of amides is 2. The lowest BCUT2D eigenvalue weighted by molar-refractivity contribution is 0.0941. The number of sulfone groups is 1. The third-order valence-electron chi connectivity index (χ3n) is 7.82. The standard InChI is InChI=1S/C34H39N7O4S/c1-40-20-15-31(39-40)25-46(44,45)32-14-13-30(34(43)35-16-5-6-27-23-37-38-24-27)22-29(32)12-9-26-7-10-28(11-8-26)33(42)36-17-21-41-18-3-2-4-19-41/h7-8,10-11,13-15,20,22-24H,2-6,16-19,21,25H2,1H3,(H,35,43)(H,36,42)(H,37,38). The monoisotopic (exact) mass is 641 g/mol. The van der Waals surface area contributed by atoms with Crippen molar-refractivity contribution in [1.29, 1.82) is 0 Å². The van der Waals surface area contributed by atoms with E-state index in [2.05, 4.69) is 42.7 Å². The van der Waals surface area contributed by atoms with Crippen molar-refractivity contribution < 1.29 is 18.0 Å². The zero-order valence-corrected chi connectivity index (χ0v) is 26.8. The molecule has 1 saturated heterocycles. The first-order valence-electron chi connectivity index (χ1n) is 15.5. The number of aromatic amines is 1. The molecule has 4 aromatic rings. The normalized spacial score (nSPS) is 13.5. The van der Waals surface area contributed by atoms with Crippen LogP contribution in [0.25, 0.3) is 0 Å². The lowest BCUT2D eigenvalue weighted by Crippen LogP contribution is -2.37. The van der Waals surface area contributed by atoms with Gasteiger partial charge in [0, 0.05) is 61.3 Å². The second-order valence-corrected chi connectivity index (χ2v) is 13.4. The highest BCUT2D eigenvalue weighted by Crippen LogP contribution is 2.22. The number of rotatable bonds is 12. The van der Waals surface area contributed by atoms with Crippen LogP contribution in [0.1, 0.15) is 68.8 Å². The van der Waals surface area contributed by atoms with Crippen LogP contribution in [-0.2, 0) is 29.1 Å². The molecule has 3 N–H and O–H groups in total. The van der Waals surface area contributed by atoms with Crippen molar-refractivity contribution >= 4 is 21.7 Å². The summed E-state index contributed by atoms with van der Waals surface area (Å²) in [4.78, 5) is 28.0. The van der Waals surface area contributed by atoms with Gasteiger partial charge in [0.1, 0.15) is 0 Å². The van der Waals surface area contributed by atoms with Gasteiger partial charge in [0.25, 0.3) is 11.8 Å². The fourth-order valence-corrected chi connectivity index (χ4v) is 6.74. The molecule has 2 amide bonds. The van der Waals surface area contributed by atoms with Crippen molar-refractivity contribution in [3.05, 3.63) is 101 Å². The van der Waals surface area contributed by atoms with E-state index in [1.54, 1.807) is 54.5 Å². The van der Waals surface area contributed by atoms with Gasteiger partial charge < -0.3 is 15.5 Å². The van der Waals surface area contributed by atoms with Gasteiger partial charge in [-0.05, 0) is 92.9 Å². The Bertz CT molecular complexity index is 1800. The summed E-state index contributed by atoms with van der Waals surface area (Å²) in [6, 6.07) is 12.9. The highest BCUT2D eigenvalue weighted by atomic mass is 32.2. The van der Waals surface area contributed by atoms with Gasteiger partial charge >= 0.3 is 0 Å². The number of aryl methyl sites for hydroxylation is 2.